The second kappa shape index (κ2) is 5.34. The first kappa shape index (κ1) is 12.1. The van der Waals surface area contributed by atoms with Crippen LogP contribution in [-0.4, -0.2) is 22.6 Å². The van der Waals surface area contributed by atoms with Gasteiger partial charge in [0.1, 0.15) is 17.5 Å². The molecule has 0 aromatic carbocycles. The largest absolute Gasteiger partial charge is 0.370 e. The molecule has 1 aromatic rings. The maximum Gasteiger partial charge on any atom is 0.132 e. The van der Waals surface area contributed by atoms with E-state index in [1.54, 1.807) is 0 Å². The highest BCUT2D eigenvalue weighted by atomic mass is 15.1. The zero-order chi connectivity index (χ0) is 12.3. The third-order valence-corrected chi connectivity index (χ3v) is 2.80. The summed E-state index contributed by atoms with van der Waals surface area (Å²) in [6, 6.07) is 2.64. The van der Waals surface area contributed by atoms with Crippen molar-refractivity contribution in [2.24, 2.45) is 5.92 Å². The fourth-order valence-electron chi connectivity index (χ4n) is 1.66. The van der Waals surface area contributed by atoms with Gasteiger partial charge in [0.05, 0.1) is 0 Å². The van der Waals surface area contributed by atoms with Crippen LogP contribution in [0.25, 0.3) is 0 Å². The molecule has 1 aliphatic rings. The second-order valence-corrected chi connectivity index (χ2v) is 5.21. The number of aromatic nitrogens is 2. The summed E-state index contributed by atoms with van der Waals surface area (Å²) in [5, 5.41) is 6.76. The van der Waals surface area contributed by atoms with E-state index in [1.807, 2.05) is 13.0 Å². The maximum atomic E-state index is 4.40. The highest BCUT2D eigenvalue weighted by Crippen LogP contribution is 2.24. The molecule has 94 valence electrons. The molecule has 1 aromatic heterocycles. The summed E-state index contributed by atoms with van der Waals surface area (Å²) in [7, 11) is 0. The lowest BCUT2D eigenvalue weighted by Crippen LogP contribution is -2.10. The standard InChI is InChI=1S/C13H22N4/c1-9(2)6-7-14-12-8-13(16-10(3)15-12)17-11-4-5-11/h8-9,11H,4-7H2,1-3H3,(H2,14,15,16,17). The van der Waals surface area contributed by atoms with Crippen LogP contribution in [0.15, 0.2) is 6.07 Å². The van der Waals surface area contributed by atoms with Crippen LogP contribution in [-0.2, 0) is 0 Å². The van der Waals surface area contributed by atoms with Crippen LogP contribution < -0.4 is 10.6 Å². The van der Waals surface area contributed by atoms with Crippen molar-refractivity contribution in [2.75, 3.05) is 17.2 Å². The summed E-state index contributed by atoms with van der Waals surface area (Å²) in [6.07, 6.45) is 3.69. The first-order valence-corrected chi connectivity index (χ1v) is 6.49. The average molecular weight is 234 g/mol. The molecule has 1 saturated carbocycles. The highest BCUT2D eigenvalue weighted by Gasteiger charge is 2.21. The van der Waals surface area contributed by atoms with Crippen molar-refractivity contribution < 1.29 is 0 Å². The maximum absolute atomic E-state index is 4.40. The third-order valence-electron chi connectivity index (χ3n) is 2.80. The fourth-order valence-corrected chi connectivity index (χ4v) is 1.66. The molecule has 1 aliphatic carbocycles. The molecule has 0 aliphatic heterocycles. The van der Waals surface area contributed by atoms with Crippen LogP contribution in [0.5, 0.6) is 0 Å². The van der Waals surface area contributed by atoms with Gasteiger partial charge in [0.25, 0.3) is 0 Å². The smallest absolute Gasteiger partial charge is 0.132 e. The van der Waals surface area contributed by atoms with Gasteiger partial charge in [-0.05, 0) is 32.1 Å². The quantitative estimate of drug-likeness (QED) is 0.794. The molecule has 2 rings (SSSR count). The lowest BCUT2D eigenvalue weighted by atomic mass is 10.1. The summed E-state index contributed by atoms with van der Waals surface area (Å²) < 4.78 is 0. The van der Waals surface area contributed by atoms with Gasteiger partial charge in [-0.1, -0.05) is 13.8 Å². The molecule has 17 heavy (non-hydrogen) atoms. The van der Waals surface area contributed by atoms with E-state index < -0.39 is 0 Å². The molecule has 0 spiro atoms. The van der Waals surface area contributed by atoms with Gasteiger partial charge in [-0.15, -0.1) is 0 Å². The van der Waals surface area contributed by atoms with Crippen LogP contribution in [0.1, 0.15) is 38.9 Å². The average Bonchev–Trinajstić information content (AvgIpc) is 3.00. The Morgan fingerprint density at radius 2 is 2.00 bits per heavy atom. The van der Waals surface area contributed by atoms with Gasteiger partial charge in [-0.3, -0.25) is 0 Å². The van der Waals surface area contributed by atoms with Gasteiger partial charge >= 0.3 is 0 Å². The van der Waals surface area contributed by atoms with Crippen LogP contribution in [0.3, 0.4) is 0 Å². The van der Waals surface area contributed by atoms with Crippen LogP contribution >= 0.6 is 0 Å². The number of hydrogen-bond acceptors (Lipinski definition) is 4. The van der Waals surface area contributed by atoms with Crippen LogP contribution in [0.2, 0.25) is 0 Å². The van der Waals surface area contributed by atoms with E-state index in [9.17, 15) is 0 Å². The Labute approximate surface area is 103 Å². The molecule has 0 atom stereocenters. The summed E-state index contributed by atoms with van der Waals surface area (Å²) in [6.45, 7) is 7.36. The Hall–Kier alpha value is -1.32. The second-order valence-electron chi connectivity index (χ2n) is 5.21. The summed E-state index contributed by atoms with van der Waals surface area (Å²) in [5.41, 5.74) is 0. The third kappa shape index (κ3) is 4.21. The highest BCUT2D eigenvalue weighted by molar-refractivity contribution is 5.48. The Kier molecular flexibility index (Phi) is 3.82. The minimum atomic E-state index is 0.632. The Bertz CT molecular complexity index is 372. The van der Waals surface area contributed by atoms with Crippen molar-refractivity contribution >= 4 is 11.6 Å². The number of hydrogen-bond donors (Lipinski definition) is 2. The Morgan fingerprint density at radius 3 is 2.65 bits per heavy atom. The normalized spacial score (nSPS) is 15.1. The Balaban J connectivity index is 1.92. The number of nitrogens with one attached hydrogen (secondary N) is 2. The summed E-state index contributed by atoms with van der Waals surface area (Å²) >= 11 is 0. The van der Waals surface area contributed by atoms with E-state index in [0.29, 0.717) is 6.04 Å². The monoisotopic (exact) mass is 234 g/mol. The van der Waals surface area contributed by atoms with E-state index in [-0.39, 0.29) is 0 Å². The zero-order valence-corrected chi connectivity index (χ0v) is 11.0. The van der Waals surface area contributed by atoms with Gasteiger partial charge in [0.15, 0.2) is 0 Å². The molecular formula is C13H22N4. The van der Waals surface area contributed by atoms with E-state index in [1.165, 1.54) is 12.8 Å². The molecular weight excluding hydrogens is 212 g/mol. The van der Waals surface area contributed by atoms with Crippen molar-refractivity contribution in [1.29, 1.82) is 0 Å². The Morgan fingerprint density at radius 1 is 1.29 bits per heavy atom. The number of anilines is 2. The SMILES string of the molecule is Cc1nc(NCCC(C)C)cc(NC2CC2)n1. The first-order chi connectivity index (χ1) is 8.13. The predicted molar refractivity (Wildman–Crippen MR) is 71.4 cm³/mol. The number of nitrogens with zero attached hydrogens (tertiary/aromatic N) is 2. The molecule has 0 unspecified atom stereocenters. The lowest BCUT2D eigenvalue weighted by molar-refractivity contribution is 0.606. The minimum absolute atomic E-state index is 0.632. The van der Waals surface area contributed by atoms with Gasteiger partial charge < -0.3 is 10.6 Å². The van der Waals surface area contributed by atoms with Crippen LogP contribution in [0.4, 0.5) is 11.6 Å². The topological polar surface area (TPSA) is 49.8 Å². The van der Waals surface area contributed by atoms with Crippen molar-refractivity contribution in [3.8, 4) is 0 Å². The summed E-state index contributed by atoms with van der Waals surface area (Å²) in [5.74, 6) is 3.42. The molecule has 0 amide bonds. The first-order valence-electron chi connectivity index (χ1n) is 6.49. The van der Waals surface area contributed by atoms with E-state index in [0.717, 1.165) is 36.3 Å². The number of aryl methyl sites for hydroxylation is 1. The van der Waals surface area contributed by atoms with E-state index in [2.05, 4.69) is 34.4 Å². The van der Waals surface area contributed by atoms with Gasteiger partial charge in [-0.2, -0.15) is 0 Å². The van der Waals surface area contributed by atoms with Gasteiger partial charge in [0.2, 0.25) is 0 Å². The number of rotatable bonds is 6. The molecule has 4 heteroatoms. The molecule has 0 radical (unpaired) electrons. The van der Waals surface area contributed by atoms with Crippen molar-refractivity contribution in [2.45, 2.75) is 46.1 Å². The van der Waals surface area contributed by atoms with Crippen molar-refractivity contribution in [3.63, 3.8) is 0 Å². The van der Waals surface area contributed by atoms with Gasteiger partial charge in [-0.25, -0.2) is 9.97 Å². The zero-order valence-electron chi connectivity index (χ0n) is 11.0. The van der Waals surface area contributed by atoms with Crippen LogP contribution in [0, 0.1) is 12.8 Å². The lowest BCUT2D eigenvalue weighted by Gasteiger charge is -2.10. The van der Waals surface area contributed by atoms with Gasteiger partial charge in [0, 0.05) is 18.7 Å². The molecule has 1 fully saturated rings. The molecule has 1 heterocycles. The molecule has 2 N–H and O–H groups in total. The minimum Gasteiger partial charge on any atom is -0.370 e. The fraction of sp³-hybridized carbons (Fsp3) is 0.692. The molecule has 4 nitrogen and oxygen atoms in total. The molecule has 0 saturated heterocycles. The summed E-state index contributed by atoms with van der Waals surface area (Å²) in [4.78, 5) is 8.79. The molecule has 0 bridgehead atoms. The van der Waals surface area contributed by atoms with Crippen molar-refractivity contribution in [3.05, 3.63) is 11.9 Å². The van der Waals surface area contributed by atoms with E-state index >= 15 is 0 Å². The predicted octanol–water partition coefficient (Wildman–Crippen LogP) is 2.82. The van der Waals surface area contributed by atoms with Crippen molar-refractivity contribution in [1.82, 2.24) is 9.97 Å². The van der Waals surface area contributed by atoms with E-state index in [4.69, 9.17) is 0 Å².